The van der Waals surface area contributed by atoms with Crippen molar-refractivity contribution in [3.05, 3.63) is 35.9 Å². The quantitative estimate of drug-likeness (QED) is 0.667. The van der Waals surface area contributed by atoms with Gasteiger partial charge >= 0.3 is 0 Å². The first-order valence-electron chi connectivity index (χ1n) is 10.7. The molecule has 0 spiro atoms. The highest BCUT2D eigenvalue weighted by Gasteiger charge is 2.38. The molecule has 0 bridgehead atoms. The van der Waals surface area contributed by atoms with E-state index in [9.17, 15) is 13.2 Å². The Balaban J connectivity index is 1.67. The van der Waals surface area contributed by atoms with Crippen LogP contribution in [-0.4, -0.2) is 97.8 Å². The zero-order chi connectivity index (χ0) is 21.9. The Morgan fingerprint density at radius 3 is 2.17 bits per heavy atom. The van der Waals surface area contributed by atoms with Gasteiger partial charge in [-0.25, -0.2) is 0 Å². The van der Waals surface area contributed by atoms with Crippen molar-refractivity contribution in [1.82, 2.24) is 18.4 Å². The van der Waals surface area contributed by atoms with Crippen molar-refractivity contribution in [3.63, 3.8) is 0 Å². The molecule has 0 radical (unpaired) electrons. The predicted molar refractivity (Wildman–Crippen MR) is 116 cm³/mol. The second-order valence-electron chi connectivity index (χ2n) is 8.19. The van der Waals surface area contributed by atoms with Gasteiger partial charge < -0.3 is 9.64 Å². The number of benzene rings is 1. The lowest BCUT2D eigenvalue weighted by Crippen LogP contribution is -2.58. The fraction of sp³-hybridized carbons (Fsp3) is 0.667. The van der Waals surface area contributed by atoms with Crippen LogP contribution in [0.1, 0.15) is 32.4 Å². The molecule has 30 heavy (non-hydrogen) atoms. The van der Waals surface area contributed by atoms with Crippen LogP contribution in [0.4, 0.5) is 0 Å². The van der Waals surface area contributed by atoms with E-state index < -0.39 is 10.2 Å². The van der Waals surface area contributed by atoms with Crippen LogP contribution < -0.4 is 0 Å². The summed E-state index contributed by atoms with van der Waals surface area (Å²) in [4.78, 5) is 17.1. The normalized spacial score (nSPS) is 25.4. The fourth-order valence-electron chi connectivity index (χ4n) is 4.20. The number of ether oxygens (including phenoxy) is 1. The van der Waals surface area contributed by atoms with Gasteiger partial charge in [-0.05, 0) is 33.0 Å². The highest BCUT2D eigenvalue weighted by atomic mass is 32.2. The fourth-order valence-corrected chi connectivity index (χ4v) is 5.95. The number of hydrogen-bond donors (Lipinski definition) is 0. The molecule has 2 aliphatic rings. The summed E-state index contributed by atoms with van der Waals surface area (Å²) in [5.41, 5.74) is 0.957. The maximum atomic E-state index is 13.3. The molecule has 2 aliphatic heterocycles. The molecule has 2 saturated heterocycles. The molecule has 3 atom stereocenters. The number of carbonyl (C=O) groups excluding carboxylic acids is 1. The van der Waals surface area contributed by atoms with Crippen LogP contribution in [0.25, 0.3) is 0 Å². The van der Waals surface area contributed by atoms with Gasteiger partial charge in [0.1, 0.15) is 6.04 Å². The Morgan fingerprint density at radius 2 is 1.63 bits per heavy atom. The number of amides is 1. The topological polar surface area (TPSA) is 73.4 Å². The molecule has 9 heteroatoms. The largest absolute Gasteiger partial charge is 0.373 e. The molecule has 0 aromatic heterocycles. The number of nitrogens with zero attached hydrogens (tertiary/aromatic N) is 4. The van der Waals surface area contributed by atoms with Gasteiger partial charge in [0.15, 0.2) is 0 Å². The highest BCUT2D eigenvalue weighted by Crippen LogP contribution is 2.24. The second-order valence-corrected chi connectivity index (χ2v) is 10.1. The van der Waals surface area contributed by atoms with Crippen molar-refractivity contribution in [3.8, 4) is 0 Å². The molecule has 1 aromatic carbocycles. The molecule has 0 saturated carbocycles. The first-order valence-corrected chi connectivity index (χ1v) is 12.1. The second kappa shape index (κ2) is 9.74. The van der Waals surface area contributed by atoms with Gasteiger partial charge in [0, 0.05) is 39.3 Å². The van der Waals surface area contributed by atoms with Gasteiger partial charge in [0.25, 0.3) is 10.2 Å². The molecule has 0 N–H and O–H groups in total. The molecule has 3 rings (SSSR count). The third-order valence-corrected chi connectivity index (χ3v) is 7.85. The third kappa shape index (κ3) is 5.03. The molecular weight excluding hydrogens is 404 g/mol. The predicted octanol–water partition coefficient (Wildman–Crippen LogP) is 1.18. The number of hydrogen-bond acceptors (Lipinski definition) is 5. The monoisotopic (exact) mass is 438 g/mol. The lowest BCUT2D eigenvalue weighted by atomic mass is 10.0. The van der Waals surface area contributed by atoms with Gasteiger partial charge in [-0.15, -0.1) is 0 Å². The van der Waals surface area contributed by atoms with E-state index in [0.717, 1.165) is 12.1 Å². The minimum absolute atomic E-state index is 0.0243. The molecule has 2 fully saturated rings. The molecule has 0 aliphatic carbocycles. The highest BCUT2D eigenvalue weighted by molar-refractivity contribution is 7.86. The van der Waals surface area contributed by atoms with Crippen LogP contribution in [0.5, 0.6) is 0 Å². The maximum absolute atomic E-state index is 13.3. The van der Waals surface area contributed by atoms with Crippen LogP contribution >= 0.6 is 0 Å². The van der Waals surface area contributed by atoms with Crippen molar-refractivity contribution in [2.45, 2.75) is 39.0 Å². The van der Waals surface area contributed by atoms with Gasteiger partial charge in [0.2, 0.25) is 5.91 Å². The van der Waals surface area contributed by atoms with Gasteiger partial charge in [0.05, 0.1) is 12.2 Å². The summed E-state index contributed by atoms with van der Waals surface area (Å²) in [5.74, 6) is 0.0243. The number of carbonyl (C=O) groups is 1. The molecule has 1 aromatic rings. The van der Waals surface area contributed by atoms with E-state index >= 15 is 0 Å². The summed E-state index contributed by atoms with van der Waals surface area (Å²) in [6.07, 6.45) is -0.245. The standard InChI is InChI=1S/C21H34N4O4S/c1-5-22(4)20(19-9-7-6-8-10-19)21(26)23-11-13-24(14-12-23)30(27,28)25-15-17(2)29-18(3)16-25/h6-10,17-18,20H,5,11-16H2,1-4H3. The molecule has 3 unspecified atom stereocenters. The number of piperazine rings is 1. The molecule has 168 valence electrons. The smallest absolute Gasteiger partial charge is 0.282 e. The Labute approximate surface area is 180 Å². The van der Waals surface area contributed by atoms with Crippen LogP contribution in [0.15, 0.2) is 30.3 Å². The molecular formula is C21H34N4O4S. The number of rotatable bonds is 6. The van der Waals surface area contributed by atoms with Gasteiger partial charge in [-0.3, -0.25) is 9.69 Å². The van der Waals surface area contributed by atoms with Crippen LogP contribution in [-0.2, 0) is 19.7 Å². The summed E-state index contributed by atoms with van der Waals surface area (Å²) in [7, 11) is -1.61. The SMILES string of the molecule is CCN(C)C(C(=O)N1CCN(S(=O)(=O)N2CC(C)OC(C)C2)CC1)c1ccccc1. The van der Waals surface area contributed by atoms with E-state index in [1.165, 1.54) is 8.61 Å². The Hall–Kier alpha value is -1.52. The van der Waals surface area contributed by atoms with E-state index in [-0.39, 0.29) is 24.2 Å². The van der Waals surface area contributed by atoms with Crippen molar-refractivity contribution < 1.29 is 17.9 Å². The van der Waals surface area contributed by atoms with Crippen LogP contribution in [0.2, 0.25) is 0 Å². The average Bonchev–Trinajstić information content (AvgIpc) is 2.74. The Morgan fingerprint density at radius 1 is 1.07 bits per heavy atom. The Kier molecular flexibility index (Phi) is 7.52. The van der Waals surface area contributed by atoms with E-state index in [4.69, 9.17) is 4.74 Å². The van der Waals surface area contributed by atoms with Crippen molar-refractivity contribution >= 4 is 16.1 Å². The molecule has 2 heterocycles. The summed E-state index contributed by atoms with van der Waals surface area (Å²) < 4.78 is 34.9. The van der Waals surface area contributed by atoms with Crippen LogP contribution in [0, 0.1) is 0 Å². The molecule has 8 nitrogen and oxygen atoms in total. The number of morpholine rings is 1. The number of likely N-dealkylation sites (N-methyl/N-ethyl adjacent to an activating group) is 1. The van der Waals surface area contributed by atoms with Crippen molar-refractivity contribution in [1.29, 1.82) is 0 Å². The lowest BCUT2D eigenvalue weighted by Gasteiger charge is -2.41. The summed E-state index contributed by atoms with van der Waals surface area (Å²) in [5, 5.41) is 0. The van der Waals surface area contributed by atoms with E-state index in [0.29, 0.717) is 39.3 Å². The first-order chi connectivity index (χ1) is 14.2. The van der Waals surface area contributed by atoms with E-state index in [1.54, 1.807) is 4.90 Å². The summed E-state index contributed by atoms with van der Waals surface area (Å²) >= 11 is 0. The lowest BCUT2D eigenvalue weighted by molar-refractivity contribution is -0.138. The van der Waals surface area contributed by atoms with Crippen molar-refractivity contribution in [2.75, 3.05) is 52.9 Å². The average molecular weight is 439 g/mol. The van der Waals surface area contributed by atoms with E-state index in [2.05, 4.69) is 0 Å². The summed E-state index contributed by atoms with van der Waals surface area (Å²) in [6, 6.07) is 9.39. The first kappa shape index (κ1) is 23.1. The van der Waals surface area contributed by atoms with Crippen LogP contribution in [0.3, 0.4) is 0 Å². The maximum Gasteiger partial charge on any atom is 0.282 e. The van der Waals surface area contributed by atoms with E-state index in [1.807, 2.05) is 63.1 Å². The third-order valence-electron chi connectivity index (χ3n) is 5.88. The Bertz CT molecular complexity index is 802. The van der Waals surface area contributed by atoms with Gasteiger partial charge in [-0.1, -0.05) is 37.3 Å². The molecule has 1 amide bonds. The summed E-state index contributed by atoms with van der Waals surface area (Å²) in [6.45, 7) is 8.70. The zero-order valence-corrected chi connectivity index (χ0v) is 19.2. The van der Waals surface area contributed by atoms with Crippen molar-refractivity contribution in [2.24, 2.45) is 0 Å². The zero-order valence-electron chi connectivity index (χ0n) is 18.4. The van der Waals surface area contributed by atoms with Gasteiger partial charge in [-0.2, -0.15) is 17.0 Å². The minimum Gasteiger partial charge on any atom is -0.373 e. The minimum atomic E-state index is -3.56.